The zero-order chi connectivity index (χ0) is 19.1. The Kier molecular flexibility index (Phi) is 4.55. The van der Waals surface area contributed by atoms with Gasteiger partial charge in [-0.25, -0.2) is 13.2 Å². The monoisotopic (exact) mass is 376 g/mol. The van der Waals surface area contributed by atoms with E-state index in [0.717, 1.165) is 38.1 Å². The SMILES string of the molecule is CC1CCN(Cc2c(O)ccc3c(-c4cc(F)c(F)c(F)c4)noc23)CC1. The molecule has 1 fully saturated rings. The summed E-state index contributed by atoms with van der Waals surface area (Å²) in [5.74, 6) is -3.33. The van der Waals surface area contributed by atoms with Crippen LogP contribution in [-0.2, 0) is 6.54 Å². The van der Waals surface area contributed by atoms with Crippen LogP contribution in [0.5, 0.6) is 5.75 Å². The predicted molar refractivity (Wildman–Crippen MR) is 94.7 cm³/mol. The molecule has 2 heterocycles. The number of aromatic hydroxyl groups is 1. The van der Waals surface area contributed by atoms with Gasteiger partial charge in [-0.05, 0) is 56.1 Å². The summed E-state index contributed by atoms with van der Waals surface area (Å²) in [6.07, 6.45) is 2.18. The van der Waals surface area contributed by atoms with E-state index in [4.69, 9.17) is 4.52 Å². The van der Waals surface area contributed by atoms with Crippen molar-refractivity contribution in [2.45, 2.75) is 26.3 Å². The molecule has 7 heteroatoms. The average Bonchev–Trinajstić information content (AvgIpc) is 3.07. The largest absolute Gasteiger partial charge is 0.507 e. The zero-order valence-electron chi connectivity index (χ0n) is 14.8. The summed E-state index contributed by atoms with van der Waals surface area (Å²) in [7, 11) is 0. The Labute approximate surface area is 154 Å². The lowest BCUT2D eigenvalue weighted by molar-refractivity contribution is 0.183. The van der Waals surface area contributed by atoms with Gasteiger partial charge in [-0.3, -0.25) is 4.90 Å². The molecule has 0 radical (unpaired) electrons. The Bertz CT molecular complexity index is 971. The molecule has 0 bridgehead atoms. The van der Waals surface area contributed by atoms with Crippen LogP contribution >= 0.6 is 0 Å². The molecule has 4 nitrogen and oxygen atoms in total. The second-order valence-corrected chi connectivity index (χ2v) is 7.18. The highest BCUT2D eigenvalue weighted by Crippen LogP contribution is 2.36. The fourth-order valence-electron chi connectivity index (χ4n) is 3.55. The number of likely N-dealkylation sites (tertiary alicyclic amines) is 1. The Morgan fingerprint density at radius 1 is 1.15 bits per heavy atom. The number of phenols is 1. The number of rotatable bonds is 3. The Hall–Kier alpha value is -2.54. The van der Waals surface area contributed by atoms with Gasteiger partial charge in [-0.15, -0.1) is 0 Å². The average molecular weight is 376 g/mol. The number of hydrogen-bond donors (Lipinski definition) is 1. The Balaban J connectivity index is 1.74. The van der Waals surface area contributed by atoms with Crippen LogP contribution in [0.3, 0.4) is 0 Å². The summed E-state index contributed by atoms with van der Waals surface area (Å²) in [6, 6.07) is 4.86. The highest BCUT2D eigenvalue weighted by atomic mass is 19.2. The molecule has 0 amide bonds. The molecule has 3 aromatic rings. The van der Waals surface area contributed by atoms with Gasteiger partial charge in [0.1, 0.15) is 11.4 Å². The van der Waals surface area contributed by atoms with Crippen molar-refractivity contribution in [3.8, 4) is 17.0 Å². The van der Waals surface area contributed by atoms with Gasteiger partial charge in [0.25, 0.3) is 0 Å². The van der Waals surface area contributed by atoms with Crippen molar-refractivity contribution in [1.82, 2.24) is 10.1 Å². The Morgan fingerprint density at radius 3 is 2.48 bits per heavy atom. The number of aromatic nitrogens is 1. The molecule has 0 atom stereocenters. The first-order valence-corrected chi connectivity index (χ1v) is 8.91. The summed E-state index contributed by atoms with van der Waals surface area (Å²) in [5, 5.41) is 14.7. The van der Waals surface area contributed by atoms with E-state index < -0.39 is 17.5 Å². The second-order valence-electron chi connectivity index (χ2n) is 7.18. The van der Waals surface area contributed by atoms with Crippen molar-refractivity contribution < 1.29 is 22.8 Å². The quantitative estimate of drug-likeness (QED) is 0.664. The minimum Gasteiger partial charge on any atom is -0.507 e. The lowest BCUT2D eigenvalue weighted by atomic mass is 9.98. The van der Waals surface area contributed by atoms with Gasteiger partial charge in [0.2, 0.25) is 0 Å². The molecule has 1 aliphatic rings. The van der Waals surface area contributed by atoms with Crippen LogP contribution in [0.4, 0.5) is 13.2 Å². The van der Waals surface area contributed by atoms with E-state index in [1.807, 2.05) is 0 Å². The van der Waals surface area contributed by atoms with E-state index in [9.17, 15) is 18.3 Å². The fraction of sp³-hybridized carbons (Fsp3) is 0.350. The van der Waals surface area contributed by atoms with E-state index in [0.29, 0.717) is 29.0 Å². The summed E-state index contributed by atoms with van der Waals surface area (Å²) in [4.78, 5) is 2.23. The van der Waals surface area contributed by atoms with Gasteiger partial charge in [0.15, 0.2) is 23.0 Å². The number of halogens is 3. The third kappa shape index (κ3) is 3.27. The molecule has 1 saturated heterocycles. The highest BCUT2D eigenvalue weighted by molar-refractivity contribution is 5.94. The maximum absolute atomic E-state index is 13.6. The molecule has 1 aromatic heterocycles. The third-order valence-corrected chi connectivity index (χ3v) is 5.23. The van der Waals surface area contributed by atoms with Crippen LogP contribution in [0, 0.1) is 23.4 Å². The van der Waals surface area contributed by atoms with Crippen molar-refractivity contribution in [3.63, 3.8) is 0 Å². The van der Waals surface area contributed by atoms with Crippen molar-refractivity contribution >= 4 is 11.0 Å². The van der Waals surface area contributed by atoms with Gasteiger partial charge in [0.05, 0.1) is 10.9 Å². The van der Waals surface area contributed by atoms with Gasteiger partial charge < -0.3 is 9.63 Å². The van der Waals surface area contributed by atoms with Crippen molar-refractivity contribution in [2.24, 2.45) is 5.92 Å². The first kappa shape index (κ1) is 17.9. The number of nitrogens with zero attached hydrogens (tertiary/aromatic N) is 2. The van der Waals surface area contributed by atoms with Crippen LogP contribution in [0.2, 0.25) is 0 Å². The smallest absolute Gasteiger partial charge is 0.194 e. The number of benzene rings is 2. The Morgan fingerprint density at radius 2 is 1.81 bits per heavy atom. The van der Waals surface area contributed by atoms with Gasteiger partial charge in [-0.1, -0.05) is 12.1 Å². The molecule has 4 rings (SSSR count). The van der Waals surface area contributed by atoms with E-state index in [-0.39, 0.29) is 17.0 Å². The highest BCUT2D eigenvalue weighted by Gasteiger charge is 2.22. The molecule has 142 valence electrons. The molecule has 1 N–H and O–H groups in total. The molecular weight excluding hydrogens is 357 g/mol. The minimum absolute atomic E-state index is 0.0774. The molecule has 0 saturated carbocycles. The van der Waals surface area contributed by atoms with Crippen molar-refractivity contribution in [1.29, 1.82) is 0 Å². The summed E-state index contributed by atoms with van der Waals surface area (Å²) in [6.45, 7) is 4.56. The standard InChI is InChI=1S/C20H19F3N2O2/c1-11-4-6-25(7-5-11)10-14-17(26)3-2-13-19(24-27-20(13)14)12-8-15(21)18(23)16(22)9-12/h2-3,8-9,11,26H,4-7,10H2,1H3. The summed E-state index contributed by atoms with van der Waals surface area (Å²) < 4.78 is 45.8. The topological polar surface area (TPSA) is 49.5 Å². The third-order valence-electron chi connectivity index (χ3n) is 5.23. The lowest BCUT2D eigenvalue weighted by Crippen LogP contribution is -2.32. The van der Waals surface area contributed by atoms with Crippen LogP contribution < -0.4 is 0 Å². The van der Waals surface area contributed by atoms with Crippen LogP contribution in [-0.4, -0.2) is 28.3 Å². The molecular formula is C20H19F3N2O2. The first-order valence-electron chi connectivity index (χ1n) is 8.91. The van der Waals surface area contributed by atoms with Crippen LogP contribution in [0.25, 0.3) is 22.2 Å². The fourth-order valence-corrected chi connectivity index (χ4v) is 3.55. The normalized spacial score (nSPS) is 16.3. The number of phenolic OH excluding ortho intramolecular Hbond substituents is 1. The van der Waals surface area contributed by atoms with Crippen molar-refractivity contribution in [2.75, 3.05) is 13.1 Å². The van der Waals surface area contributed by atoms with Crippen LogP contribution in [0.15, 0.2) is 28.8 Å². The molecule has 1 aliphatic heterocycles. The lowest BCUT2D eigenvalue weighted by Gasteiger charge is -2.30. The first-order chi connectivity index (χ1) is 12.9. The van der Waals surface area contributed by atoms with Gasteiger partial charge >= 0.3 is 0 Å². The van der Waals surface area contributed by atoms with E-state index in [1.165, 1.54) is 6.07 Å². The van der Waals surface area contributed by atoms with Gasteiger partial charge in [0, 0.05) is 12.1 Å². The van der Waals surface area contributed by atoms with E-state index in [2.05, 4.69) is 17.0 Å². The molecule has 0 spiro atoms. The maximum Gasteiger partial charge on any atom is 0.194 e. The summed E-state index contributed by atoms with van der Waals surface area (Å²) >= 11 is 0. The summed E-state index contributed by atoms with van der Waals surface area (Å²) in [5.41, 5.74) is 1.24. The second kappa shape index (κ2) is 6.88. The van der Waals surface area contributed by atoms with Crippen LogP contribution in [0.1, 0.15) is 25.3 Å². The number of piperidine rings is 1. The predicted octanol–water partition coefficient (Wildman–Crippen LogP) is 4.85. The maximum atomic E-state index is 13.6. The minimum atomic E-state index is -1.52. The number of hydrogen-bond acceptors (Lipinski definition) is 4. The van der Waals surface area contributed by atoms with Crippen molar-refractivity contribution in [3.05, 3.63) is 47.3 Å². The molecule has 0 unspecified atom stereocenters. The molecule has 0 aliphatic carbocycles. The van der Waals surface area contributed by atoms with E-state index in [1.54, 1.807) is 6.07 Å². The van der Waals surface area contributed by atoms with E-state index >= 15 is 0 Å². The number of fused-ring (bicyclic) bond motifs is 1. The molecule has 27 heavy (non-hydrogen) atoms. The molecule has 2 aromatic carbocycles. The zero-order valence-corrected chi connectivity index (χ0v) is 14.8. The van der Waals surface area contributed by atoms with Gasteiger partial charge in [-0.2, -0.15) is 0 Å².